The molecule has 0 spiro atoms. The van der Waals surface area contributed by atoms with Crippen molar-refractivity contribution < 1.29 is 37.0 Å². The lowest BCUT2D eigenvalue weighted by Gasteiger charge is -2.49. The molecular weight excluding hydrogens is 549 g/mol. The number of hydrogen-bond acceptors (Lipinski definition) is 6. The zero-order valence-corrected chi connectivity index (χ0v) is 23.4. The lowest BCUT2D eigenvalue weighted by Crippen LogP contribution is -2.58. The van der Waals surface area contributed by atoms with Gasteiger partial charge in [-0.3, -0.25) is 9.59 Å². The molecule has 1 heterocycles. The van der Waals surface area contributed by atoms with Crippen LogP contribution in [0.15, 0.2) is 66.7 Å². The molecular formula is C32H33F3N2O5. The van der Waals surface area contributed by atoms with Gasteiger partial charge in [0.15, 0.2) is 5.78 Å². The third-order valence-corrected chi connectivity index (χ3v) is 8.42. The average Bonchev–Trinajstić information content (AvgIpc) is 3.32. The average molecular weight is 583 g/mol. The van der Waals surface area contributed by atoms with Crippen LogP contribution in [0, 0.1) is 17.3 Å². The second kappa shape index (κ2) is 12.1. The Balaban J connectivity index is 1.19. The van der Waals surface area contributed by atoms with Gasteiger partial charge in [-0.2, -0.15) is 13.2 Å². The summed E-state index contributed by atoms with van der Waals surface area (Å²) in [6.07, 6.45) is -2.80. The molecule has 0 bridgehead atoms. The van der Waals surface area contributed by atoms with Crippen LogP contribution in [0.3, 0.4) is 0 Å². The van der Waals surface area contributed by atoms with Crippen molar-refractivity contribution in [1.82, 2.24) is 5.32 Å². The maximum absolute atomic E-state index is 13.5. The molecule has 3 aromatic carbocycles. The zero-order valence-electron chi connectivity index (χ0n) is 23.4. The molecule has 2 aliphatic rings. The number of fused-ring (bicyclic) bond motifs is 1. The van der Waals surface area contributed by atoms with Gasteiger partial charge in [0.1, 0.15) is 11.5 Å². The normalized spacial score (nSPS) is 21.2. The molecule has 1 aliphatic carbocycles. The van der Waals surface area contributed by atoms with Gasteiger partial charge in [0, 0.05) is 30.3 Å². The van der Waals surface area contributed by atoms with E-state index in [0.717, 1.165) is 18.1 Å². The summed E-state index contributed by atoms with van der Waals surface area (Å²) >= 11 is 0. The number of benzene rings is 3. The minimum Gasteiger partial charge on any atom is -0.497 e. The molecule has 2 fully saturated rings. The largest absolute Gasteiger partial charge is 0.497 e. The summed E-state index contributed by atoms with van der Waals surface area (Å²) in [5.41, 5.74) is 0.370. The van der Waals surface area contributed by atoms with Crippen molar-refractivity contribution in [2.75, 3.05) is 32.8 Å². The van der Waals surface area contributed by atoms with E-state index in [1.165, 1.54) is 26.4 Å². The number of amides is 1. The summed E-state index contributed by atoms with van der Waals surface area (Å²) in [7, 11) is 3.06. The molecule has 3 aromatic rings. The van der Waals surface area contributed by atoms with Crippen molar-refractivity contribution in [1.29, 1.82) is 0 Å². The van der Waals surface area contributed by atoms with Gasteiger partial charge in [-0.25, -0.2) is 0 Å². The van der Waals surface area contributed by atoms with E-state index in [2.05, 4.69) is 10.6 Å². The second-order valence-corrected chi connectivity index (χ2v) is 10.8. The minimum absolute atomic E-state index is 0.0155. The van der Waals surface area contributed by atoms with Gasteiger partial charge in [0.2, 0.25) is 5.91 Å². The Labute approximate surface area is 242 Å². The highest BCUT2D eigenvalue weighted by atomic mass is 19.4. The van der Waals surface area contributed by atoms with Gasteiger partial charge in [0.25, 0.3) is 0 Å². The molecule has 5 rings (SSSR count). The Kier molecular flexibility index (Phi) is 8.45. The summed E-state index contributed by atoms with van der Waals surface area (Å²) in [6, 6.07) is 17.3. The highest BCUT2D eigenvalue weighted by Gasteiger charge is 2.62. The third kappa shape index (κ3) is 5.94. The first kappa shape index (κ1) is 29.4. The number of hydrogen-bond donors (Lipinski definition) is 2. The van der Waals surface area contributed by atoms with E-state index in [4.69, 9.17) is 14.2 Å². The first-order valence-electron chi connectivity index (χ1n) is 13.8. The summed E-state index contributed by atoms with van der Waals surface area (Å²) in [6.45, 7) is 1.10. The first-order chi connectivity index (χ1) is 20.1. The van der Waals surface area contributed by atoms with E-state index in [1.54, 1.807) is 48.5 Å². The standard InChI is InChI=1S/C32H33F3N2O5/c1-40-25-13-21(14-26(16-25)41-2)29(38)12-9-22-15-23-18-42-19-31(22,23)30(39)36-17-20-7-10-24(11-8-20)37-28-6-4-3-5-27(28)32(33,34)35/h3-8,10-11,13-14,16,22-23,37H,9,12,15,17-19H2,1-2H3,(H,36,39)/t22-,23?,31+/m0/s1. The predicted molar refractivity (Wildman–Crippen MR) is 151 cm³/mol. The Hall–Kier alpha value is -4.05. The number of para-hydroxylation sites is 1. The predicted octanol–water partition coefficient (Wildman–Crippen LogP) is 6.40. The van der Waals surface area contributed by atoms with Gasteiger partial charge >= 0.3 is 6.18 Å². The van der Waals surface area contributed by atoms with Crippen molar-refractivity contribution in [2.24, 2.45) is 17.3 Å². The van der Waals surface area contributed by atoms with E-state index >= 15 is 0 Å². The molecule has 0 aromatic heterocycles. The van der Waals surface area contributed by atoms with Gasteiger partial charge in [-0.1, -0.05) is 24.3 Å². The maximum Gasteiger partial charge on any atom is 0.418 e. The second-order valence-electron chi connectivity index (χ2n) is 10.8. The summed E-state index contributed by atoms with van der Waals surface area (Å²) in [4.78, 5) is 26.5. The van der Waals surface area contributed by atoms with Crippen LogP contribution in [-0.2, 0) is 22.3 Å². The van der Waals surface area contributed by atoms with Gasteiger partial charge < -0.3 is 24.8 Å². The van der Waals surface area contributed by atoms with Gasteiger partial charge in [-0.15, -0.1) is 0 Å². The first-order valence-corrected chi connectivity index (χ1v) is 13.8. The van der Waals surface area contributed by atoms with Gasteiger partial charge in [0.05, 0.1) is 44.1 Å². The molecule has 10 heteroatoms. The number of carbonyl (C=O) groups is 2. The highest BCUT2D eigenvalue weighted by Crippen LogP contribution is 2.57. The van der Waals surface area contributed by atoms with E-state index in [1.807, 2.05) is 0 Å². The smallest absolute Gasteiger partial charge is 0.418 e. The van der Waals surface area contributed by atoms with Crippen molar-refractivity contribution in [3.05, 3.63) is 83.4 Å². The lowest BCUT2D eigenvalue weighted by atomic mass is 9.52. The number of halogens is 3. The van der Waals surface area contributed by atoms with Crippen molar-refractivity contribution in [2.45, 2.75) is 32.0 Å². The Bertz CT molecular complexity index is 1420. The third-order valence-electron chi connectivity index (χ3n) is 8.42. The van der Waals surface area contributed by atoms with Crippen LogP contribution in [0.4, 0.5) is 24.5 Å². The van der Waals surface area contributed by atoms with Crippen LogP contribution in [0.25, 0.3) is 0 Å². The fourth-order valence-electron chi connectivity index (χ4n) is 6.04. The number of nitrogens with one attached hydrogen (secondary N) is 2. The van der Waals surface area contributed by atoms with Crippen molar-refractivity contribution in [3.8, 4) is 11.5 Å². The molecule has 1 saturated heterocycles. The van der Waals surface area contributed by atoms with Crippen LogP contribution < -0.4 is 20.1 Å². The molecule has 222 valence electrons. The molecule has 3 atom stereocenters. The van der Waals surface area contributed by atoms with Crippen LogP contribution >= 0.6 is 0 Å². The van der Waals surface area contributed by atoms with Crippen molar-refractivity contribution >= 4 is 23.1 Å². The number of anilines is 2. The molecule has 0 radical (unpaired) electrons. The molecule has 1 aliphatic heterocycles. The fourth-order valence-corrected chi connectivity index (χ4v) is 6.04. The zero-order chi connectivity index (χ0) is 29.9. The summed E-state index contributed by atoms with van der Waals surface area (Å²) < 4.78 is 56.2. The molecule has 1 amide bonds. The number of ketones is 1. The quantitative estimate of drug-likeness (QED) is 0.255. The topological polar surface area (TPSA) is 85.9 Å². The Morgan fingerprint density at radius 1 is 1.00 bits per heavy atom. The van der Waals surface area contributed by atoms with Gasteiger partial charge in [-0.05, 0) is 66.6 Å². The lowest BCUT2D eigenvalue weighted by molar-refractivity contribution is -0.147. The Morgan fingerprint density at radius 3 is 2.33 bits per heavy atom. The van der Waals surface area contributed by atoms with E-state index < -0.39 is 17.2 Å². The Morgan fingerprint density at radius 2 is 1.69 bits per heavy atom. The molecule has 1 unspecified atom stereocenters. The van der Waals surface area contributed by atoms with E-state index in [0.29, 0.717) is 42.4 Å². The molecule has 1 saturated carbocycles. The van der Waals surface area contributed by atoms with Crippen LogP contribution in [0.2, 0.25) is 0 Å². The maximum atomic E-state index is 13.5. The number of ether oxygens (including phenoxy) is 3. The number of rotatable bonds is 11. The minimum atomic E-state index is -4.47. The van der Waals surface area contributed by atoms with E-state index in [9.17, 15) is 22.8 Å². The van der Waals surface area contributed by atoms with Crippen LogP contribution in [0.5, 0.6) is 11.5 Å². The van der Waals surface area contributed by atoms with Crippen LogP contribution in [0.1, 0.15) is 40.7 Å². The highest BCUT2D eigenvalue weighted by molar-refractivity contribution is 5.97. The number of methoxy groups -OCH3 is 2. The summed E-state index contributed by atoms with van der Waals surface area (Å²) in [5, 5.41) is 5.86. The van der Waals surface area contributed by atoms with Crippen molar-refractivity contribution in [3.63, 3.8) is 0 Å². The fraction of sp³-hybridized carbons (Fsp3) is 0.375. The van der Waals surface area contributed by atoms with E-state index in [-0.39, 0.29) is 42.2 Å². The number of carbonyl (C=O) groups excluding carboxylic acids is 2. The monoisotopic (exact) mass is 582 g/mol. The molecule has 2 N–H and O–H groups in total. The molecule has 7 nitrogen and oxygen atoms in total. The van der Waals surface area contributed by atoms with Crippen LogP contribution in [-0.4, -0.2) is 39.1 Å². The number of alkyl halides is 3. The number of Topliss-reactive ketones (excluding diaryl/α,β-unsaturated/α-hetero) is 1. The summed E-state index contributed by atoms with van der Waals surface area (Å²) in [5.74, 6) is 1.05. The molecule has 42 heavy (non-hydrogen) atoms. The SMILES string of the molecule is COc1cc(OC)cc(C(=O)CC[C@H]2CC3COC[C@]32C(=O)NCc2ccc(Nc3ccccc3C(F)(F)F)cc2)c1.